The maximum Gasteiger partial charge on any atom is 0.258 e. The number of amides is 1. The van der Waals surface area contributed by atoms with Crippen LogP contribution in [-0.4, -0.2) is 25.6 Å². The molecule has 0 fully saturated rings. The van der Waals surface area contributed by atoms with Crippen molar-refractivity contribution in [2.45, 2.75) is 4.90 Å². The van der Waals surface area contributed by atoms with Crippen molar-refractivity contribution in [1.82, 2.24) is 4.98 Å². The van der Waals surface area contributed by atoms with E-state index in [4.69, 9.17) is 11.6 Å². The molecule has 0 aliphatic rings. The van der Waals surface area contributed by atoms with Gasteiger partial charge in [-0.05, 0) is 18.2 Å². The first kappa shape index (κ1) is 17.6. The van der Waals surface area contributed by atoms with Crippen LogP contribution in [0.5, 0.6) is 0 Å². The highest BCUT2D eigenvalue weighted by Gasteiger charge is 2.19. The number of nitrogens with zero attached hydrogens (tertiary/aromatic N) is 1. The lowest BCUT2D eigenvalue weighted by atomic mass is 10.2. The van der Waals surface area contributed by atoms with Gasteiger partial charge in [-0.1, -0.05) is 41.9 Å². The number of thiazole rings is 1. The zero-order valence-corrected chi connectivity index (χ0v) is 15.5. The van der Waals surface area contributed by atoms with E-state index in [1.165, 1.54) is 23.5 Å². The lowest BCUT2D eigenvalue weighted by Crippen LogP contribution is -2.15. The molecule has 0 spiro atoms. The van der Waals surface area contributed by atoms with Gasteiger partial charge in [0.15, 0.2) is 15.0 Å². The summed E-state index contributed by atoms with van der Waals surface area (Å²) in [5.41, 5.74) is 1.49. The van der Waals surface area contributed by atoms with Crippen molar-refractivity contribution in [2.75, 3.05) is 11.6 Å². The molecule has 0 unspecified atom stereocenters. The second-order valence-electron chi connectivity index (χ2n) is 5.24. The summed E-state index contributed by atoms with van der Waals surface area (Å²) in [6, 6.07) is 13.3. The van der Waals surface area contributed by atoms with Crippen molar-refractivity contribution in [3.8, 4) is 11.3 Å². The Balaban J connectivity index is 1.88. The Morgan fingerprint density at radius 3 is 2.52 bits per heavy atom. The highest BCUT2D eigenvalue weighted by molar-refractivity contribution is 7.90. The van der Waals surface area contributed by atoms with Gasteiger partial charge in [-0.2, -0.15) is 0 Å². The summed E-state index contributed by atoms with van der Waals surface area (Å²) in [4.78, 5) is 16.8. The van der Waals surface area contributed by atoms with Crippen molar-refractivity contribution in [3.05, 3.63) is 64.5 Å². The molecule has 25 heavy (non-hydrogen) atoms. The normalized spacial score (nSPS) is 11.3. The first-order chi connectivity index (χ1) is 11.9. The highest BCUT2D eigenvalue weighted by atomic mass is 35.5. The van der Waals surface area contributed by atoms with Gasteiger partial charge >= 0.3 is 0 Å². The first-order valence-electron chi connectivity index (χ1n) is 7.17. The summed E-state index contributed by atoms with van der Waals surface area (Å²) >= 11 is 7.39. The Hall–Kier alpha value is -2.22. The zero-order chi connectivity index (χ0) is 18.0. The van der Waals surface area contributed by atoms with E-state index < -0.39 is 15.7 Å². The second kappa shape index (κ2) is 6.95. The fraction of sp³-hybridized carbons (Fsp3) is 0.0588. The topological polar surface area (TPSA) is 76.1 Å². The summed E-state index contributed by atoms with van der Waals surface area (Å²) < 4.78 is 23.7. The van der Waals surface area contributed by atoms with E-state index in [9.17, 15) is 13.2 Å². The summed E-state index contributed by atoms with van der Waals surface area (Å²) in [5, 5.41) is 5.35. The fourth-order valence-corrected chi connectivity index (χ4v) is 4.09. The number of sulfone groups is 1. The van der Waals surface area contributed by atoms with Gasteiger partial charge in [0.1, 0.15) is 0 Å². The van der Waals surface area contributed by atoms with Crippen molar-refractivity contribution in [1.29, 1.82) is 0 Å². The molecular weight excluding hydrogens is 380 g/mol. The van der Waals surface area contributed by atoms with Gasteiger partial charge in [-0.25, -0.2) is 13.4 Å². The third-order valence-electron chi connectivity index (χ3n) is 3.41. The Morgan fingerprint density at radius 1 is 1.12 bits per heavy atom. The predicted octanol–water partition coefficient (Wildman–Crippen LogP) is 4.12. The molecule has 1 heterocycles. The molecule has 0 aliphatic carbocycles. The lowest BCUT2D eigenvalue weighted by Gasteiger charge is -2.07. The van der Waals surface area contributed by atoms with Crippen molar-refractivity contribution >= 4 is 43.8 Å². The number of anilines is 1. The number of nitrogens with one attached hydrogen (secondary N) is 1. The van der Waals surface area contributed by atoms with Gasteiger partial charge in [-0.15, -0.1) is 11.3 Å². The monoisotopic (exact) mass is 392 g/mol. The predicted molar refractivity (Wildman–Crippen MR) is 100 cm³/mol. The van der Waals surface area contributed by atoms with Gasteiger partial charge in [-0.3, -0.25) is 10.1 Å². The molecule has 5 nitrogen and oxygen atoms in total. The number of carbonyl (C=O) groups excluding carboxylic acids is 1. The molecule has 1 aromatic heterocycles. The van der Waals surface area contributed by atoms with E-state index in [2.05, 4.69) is 10.3 Å². The summed E-state index contributed by atoms with van der Waals surface area (Å²) in [6.45, 7) is 0. The molecule has 0 atom stereocenters. The third kappa shape index (κ3) is 3.89. The van der Waals surface area contributed by atoms with Crippen LogP contribution < -0.4 is 5.32 Å². The second-order valence-corrected chi connectivity index (χ2v) is 8.49. The van der Waals surface area contributed by atoms with Gasteiger partial charge < -0.3 is 0 Å². The van der Waals surface area contributed by atoms with Gasteiger partial charge in [0, 0.05) is 22.2 Å². The number of carbonyl (C=O) groups is 1. The van der Waals surface area contributed by atoms with E-state index >= 15 is 0 Å². The SMILES string of the molecule is CS(=O)(=O)c1ccccc1C(=O)Nc1nc(-c2ccccc2Cl)cs1. The molecule has 3 rings (SSSR count). The minimum absolute atomic E-state index is 0.0182. The highest BCUT2D eigenvalue weighted by Crippen LogP contribution is 2.30. The molecule has 0 saturated carbocycles. The van der Waals surface area contributed by atoms with Crippen molar-refractivity contribution in [3.63, 3.8) is 0 Å². The van der Waals surface area contributed by atoms with E-state index in [0.29, 0.717) is 15.8 Å². The maximum atomic E-state index is 12.5. The molecule has 0 bridgehead atoms. The minimum Gasteiger partial charge on any atom is -0.298 e. The largest absolute Gasteiger partial charge is 0.298 e. The van der Waals surface area contributed by atoms with Crippen LogP contribution in [-0.2, 0) is 9.84 Å². The molecule has 2 aromatic carbocycles. The van der Waals surface area contributed by atoms with Crippen LogP contribution in [0, 0.1) is 0 Å². The first-order valence-corrected chi connectivity index (χ1v) is 10.3. The lowest BCUT2D eigenvalue weighted by molar-refractivity contribution is 0.102. The number of hydrogen-bond donors (Lipinski definition) is 1. The molecule has 3 aromatic rings. The zero-order valence-electron chi connectivity index (χ0n) is 13.1. The maximum absolute atomic E-state index is 12.5. The summed E-state index contributed by atoms with van der Waals surface area (Å²) in [5.74, 6) is -0.527. The van der Waals surface area contributed by atoms with Crippen LogP contribution in [0.4, 0.5) is 5.13 Å². The van der Waals surface area contributed by atoms with Crippen LogP contribution in [0.15, 0.2) is 58.8 Å². The number of benzene rings is 2. The molecule has 1 amide bonds. The van der Waals surface area contributed by atoms with Crippen LogP contribution in [0.25, 0.3) is 11.3 Å². The van der Waals surface area contributed by atoms with Crippen molar-refractivity contribution in [2.24, 2.45) is 0 Å². The standard InChI is InChI=1S/C17H13ClN2O3S2/c1-25(22,23)15-9-5-3-7-12(15)16(21)20-17-19-14(10-24-17)11-6-2-4-8-13(11)18/h2-10H,1H3,(H,19,20,21). The number of hydrogen-bond acceptors (Lipinski definition) is 5. The van der Waals surface area contributed by atoms with E-state index in [-0.39, 0.29) is 10.5 Å². The minimum atomic E-state index is -3.51. The van der Waals surface area contributed by atoms with E-state index in [0.717, 1.165) is 11.8 Å². The van der Waals surface area contributed by atoms with Crippen LogP contribution in [0.3, 0.4) is 0 Å². The summed E-state index contributed by atoms with van der Waals surface area (Å²) in [7, 11) is -3.51. The number of rotatable bonds is 4. The Morgan fingerprint density at radius 2 is 1.80 bits per heavy atom. The smallest absolute Gasteiger partial charge is 0.258 e. The van der Waals surface area contributed by atoms with Crippen LogP contribution in [0.2, 0.25) is 5.02 Å². The Kier molecular flexibility index (Phi) is 4.89. The number of aromatic nitrogens is 1. The molecule has 0 radical (unpaired) electrons. The average Bonchev–Trinajstić information content (AvgIpc) is 3.02. The molecule has 0 saturated heterocycles. The Labute approximate surface area is 154 Å². The quantitative estimate of drug-likeness (QED) is 0.724. The van der Waals surface area contributed by atoms with E-state index in [1.807, 2.05) is 18.2 Å². The third-order valence-corrected chi connectivity index (χ3v) is 5.65. The fourth-order valence-electron chi connectivity index (χ4n) is 2.27. The van der Waals surface area contributed by atoms with Gasteiger partial charge in [0.2, 0.25) is 0 Å². The molecule has 128 valence electrons. The van der Waals surface area contributed by atoms with Crippen LogP contribution >= 0.6 is 22.9 Å². The van der Waals surface area contributed by atoms with Crippen molar-refractivity contribution < 1.29 is 13.2 Å². The molecule has 0 aliphatic heterocycles. The van der Waals surface area contributed by atoms with E-state index in [1.54, 1.807) is 23.6 Å². The van der Waals surface area contributed by atoms with Crippen LogP contribution in [0.1, 0.15) is 10.4 Å². The molecule has 8 heteroatoms. The molecule has 1 N–H and O–H groups in total. The molecular formula is C17H13ClN2O3S2. The van der Waals surface area contributed by atoms with Gasteiger partial charge in [0.25, 0.3) is 5.91 Å². The van der Waals surface area contributed by atoms with Gasteiger partial charge in [0.05, 0.1) is 16.2 Å². The average molecular weight is 393 g/mol. The number of halogens is 1. The Bertz CT molecular complexity index is 1050. The summed E-state index contributed by atoms with van der Waals surface area (Å²) in [6.07, 6.45) is 1.07.